The molecule has 1 aromatic heterocycles. The van der Waals surface area contributed by atoms with Gasteiger partial charge in [0.25, 0.3) is 5.91 Å². The maximum atomic E-state index is 13.3. The first kappa shape index (κ1) is 21.6. The van der Waals surface area contributed by atoms with Gasteiger partial charge in [0.15, 0.2) is 0 Å². The first-order valence-electron chi connectivity index (χ1n) is 11.2. The number of rotatable bonds is 6. The molecule has 7 heteroatoms. The van der Waals surface area contributed by atoms with Crippen molar-refractivity contribution in [2.45, 2.75) is 51.0 Å². The third kappa shape index (κ3) is 5.56. The van der Waals surface area contributed by atoms with Gasteiger partial charge in [0.2, 0.25) is 5.91 Å². The van der Waals surface area contributed by atoms with E-state index >= 15 is 0 Å². The summed E-state index contributed by atoms with van der Waals surface area (Å²) in [6, 6.07) is 10.9. The van der Waals surface area contributed by atoms with Crippen molar-refractivity contribution in [2.24, 2.45) is 0 Å². The molecule has 1 aliphatic heterocycles. The topological polar surface area (TPSA) is 65.5 Å². The molecule has 1 aromatic carbocycles. The van der Waals surface area contributed by atoms with Gasteiger partial charge >= 0.3 is 0 Å². The summed E-state index contributed by atoms with van der Waals surface area (Å²) in [4.78, 5) is 34.3. The van der Waals surface area contributed by atoms with E-state index in [1.54, 1.807) is 36.5 Å². The lowest BCUT2D eigenvalue weighted by atomic mass is 9.95. The van der Waals surface area contributed by atoms with E-state index in [1.807, 2.05) is 6.07 Å². The predicted octanol–water partition coefficient (Wildman–Crippen LogP) is 4.43. The number of carbonyl (C=O) groups excluding carboxylic acids is 2. The van der Waals surface area contributed by atoms with Crippen LogP contribution in [0.2, 0.25) is 5.02 Å². The molecule has 31 heavy (non-hydrogen) atoms. The van der Waals surface area contributed by atoms with Gasteiger partial charge in [-0.2, -0.15) is 0 Å². The number of hydrogen-bond acceptors (Lipinski definition) is 4. The summed E-state index contributed by atoms with van der Waals surface area (Å²) < 4.78 is 0. The first-order valence-corrected chi connectivity index (χ1v) is 11.6. The molecule has 6 nitrogen and oxygen atoms in total. The highest BCUT2D eigenvalue weighted by Gasteiger charge is 2.24. The maximum Gasteiger partial charge on any atom is 0.260 e. The van der Waals surface area contributed by atoms with Crippen LogP contribution in [0.3, 0.4) is 0 Å². The Balaban J connectivity index is 1.50. The lowest BCUT2D eigenvalue weighted by Crippen LogP contribution is -2.45. The second kappa shape index (κ2) is 10.1. The summed E-state index contributed by atoms with van der Waals surface area (Å²) in [5.74, 6) is 0.501. The van der Waals surface area contributed by atoms with Crippen molar-refractivity contribution >= 4 is 34.9 Å². The van der Waals surface area contributed by atoms with E-state index in [0.717, 1.165) is 44.6 Å². The average molecular weight is 441 g/mol. The summed E-state index contributed by atoms with van der Waals surface area (Å²) in [6.07, 6.45) is 9.45. The molecule has 0 spiro atoms. The molecular weight excluding hydrogens is 412 g/mol. The molecule has 0 unspecified atom stereocenters. The van der Waals surface area contributed by atoms with Crippen LogP contribution in [0.4, 0.5) is 11.5 Å². The van der Waals surface area contributed by atoms with E-state index in [-0.39, 0.29) is 24.4 Å². The molecule has 1 N–H and O–H groups in total. The highest BCUT2D eigenvalue weighted by atomic mass is 35.5. The van der Waals surface area contributed by atoms with Crippen molar-refractivity contribution in [3.8, 4) is 0 Å². The molecule has 2 aromatic rings. The Morgan fingerprint density at radius 3 is 2.35 bits per heavy atom. The fraction of sp³-hybridized carbons (Fsp3) is 0.458. The van der Waals surface area contributed by atoms with E-state index in [2.05, 4.69) is 15.2 Å². The molecule has 0 bridgehead atoms. The lowest BCUT2D eigenvalue weighted by molar-refractivity contribution is -0.120. The van der Waals surface area contributed by atoms with Crippen molar-refractivity contribution in [2.75, 3.05) is 29.4 Å². The van der Waals surface area contributed by atoms with E-state index in [1.165, 1.54) is 24.2 Å². The van der Waals surface area contributed by atoms with Crippen molar-refractivity contribution in [1.82, 2.24) is 10.3 Å². The molecule has 0 atom stereocenters. The Kier molecular flexibility index (Phi) is 7.07. The third-order valence-corrected chi connectivity index (χ3v) is 6.33. The fourth-order valence-electron chi connectivity index (χ4n) is 4.37. The molecule has 2 aliphatic rings. The smallest absolute Gasteiger partial charge is 0.260 e. The standard InChI is InChI=1S/C24H29ClN4O2/c25-19-9-11-21(12-10-19)29(17-23(30)27-20-6-2-1-3-7-20)24(31)18-8-13-22(26-16-18)28-14-4-5-15-28/h8-13,16,20H,1-7,14-15,17H2,(H,27,30). The van der Waals surface area contributed by atoms with Crippen LogP contribution in [-0.2, 0) is 4.79 Å². The highest BCUT2D eigenvalue weighted by Crippen LogP contribution is 2.23. The summed E-state index contributed by atoms with van der Waals surface area (Å²) in [6.45, 7) is 1.96. The number of nitrogens with zero attached hydrogens (tertiary/aromatic N) is 3. The van der Waals surface area contributed by atoms with E-state index < -0.39 is 0 Å². The average Bonchev–Trinajstić information content (AvgIpc) is 3.34. The Morgan fingerprint density at radius 1 is 1.00 bits per heavy atom. The number of nitrogens with one attached hydrogen (secondary N) is 1. The fourth-order valence-corrected chi connectivity index (χ4v) is 4.49. The van der Waals surface area contributed by atoms with Gasteiger partial charge in [-0.05, 0) is 62.1 Å². The van der Waals surface area contributed by atoms with Crippen LogP contribution in [-0.4, -0.2) is 42.5 Å². The van der Waals surface area contributed by atoms with Crippen molar-refractivity contribution in [3.05, 3.63) is 53.2 Å². The molecule has 2 heterocycles. The molecule has 2 fully saturated rings. The zero-order valence-corrected chi connectivity index (χ0v) is 18.5. The zero-order valence-electron chi connectivity index (χ0n) is 17.7. The van der Waals surface area contributed by atoms with Gasteiger partial charge in [0.1, 0.15) is 12.4 Å². The van der Waals surface area contributed by atoms with Gasteiger partial charge in [0, 0.05) is 36.0 Å². The van der Waals surface area contributed by atoms with Gasteiger partial charge in [-0.1, -0.05) is 30.9 Å². The third-order valence-electron chi connectivity index (χ3n) is 6.08. The second-order valence-electron chi connectivity index (χ2n) is 8.37. The molecule has 1 saturated carbocycles. The summed E-state index contributed by atoms with van der Waals surface area (Å²) >= 11 is 6.03. The minimum Gasteiger partial charge on any atom is -0.357 e. The van der Waals surface area contributed by atoms with Crippen LogP contribution < -0.4 is 15.1 Å². The first-order chi connectivity index (χ1) is 15.1. The quantitative estimate of drug-likeness (QED) is 0.721. The normalized spacial score (nSPS) is 16.9. The number of carbonyl (C=O) groups is 2. The van der Waals surface area contributed by atoms with Crippen molar-refractivity contribution in [1.29, 1.82) is 0 Å². The molecule has 1 aliphatic carbocycles. The molecule has 0 radical (unpaired) electrons. The Labute approximate surface area is 188 Å². The SMILES string of the molecule is O=C(CN(C(=O)c1ccc(N2CCCC2)nc1)c1ccc(Cl)cc1)NC1CCCCC1. The van der Waals surface area contributed by atoms with Gasteiger partial charge in [-0.25, -0.2) is 4.98 Å². The number of pyridine rings is 1. The largest absolute Gasteiger partial charge is 0.357 e. The number of benzene rings is 1. The molecule has 164 valence electrons. The highest BCUT2D eigenvalue weighted by molar-refractivity contribution is 6.30. The number of amides is 2. The van der Waals surface area contributed by atoms with Crippen LogP contribution in [0, 0.1) is 0 Å². The van der Waals surface area contributed by atoms with Gasteiger partial charge in [-0.3, -0.25) is 14.5 Å². The van der Waals surface area contributed by atoms with Crippen LogP contribution in [0.15, 0.2) is 42.6 Å². The minimum absolute atomic E-state index is 0.0369. The van der Waals surface area contributed by atoms with Gasteiger partial charge in [0.05, 0.1) is 5.56 Å². The van der Waals surface area contributed by atoms with Crippen LogP contribution in [0.5, 0.6) is 0 Å². The molecule has 2 amide bonds. The molecular formula is C24H29ClN4O2. The van der Waals surface area contributed by atoms with Crippen LogP contribution in [0.25, 0.3) is 0 Å². The summed E-state index contributed by atoms with van der Waals surface area (Å²) in [5, 5.41) is 3.68. The zero-order chi connectivity index (χ0) is 21.6. The monoisotopic (exact) mass is 440 g/mol. The Morgan fingerprint density at radius 2 is 1.71 bits per heavy atom. The van der Waals surface area contributed by atoms with Crippen LogP contribution in [0.1, 0.15) is 55.3 Å². The maximum absolute atomic E-state index is 13.3. The van der Waals surface area contributed by atoms with E-state index in [0.29, 0.717) is 16.3 Å². The van der Waals surface area contributed by atoms with Gasteiger partial charge in [-0.15, -0.1) is 0 Å². The van der Waals surface area contributed by atoms with Crippen LogP contribution >= 0.6 is 11.6 Å². The Hall–Kier alpha value is -2.60. The van der Waals surface area contributed by atoms with E-state index in [4.69, 9.17) is 11.6 Å². The number of halogens is 1. The molecule has 1 saturated heterocycles. The minimum atomic E-state index is -0.249. The second-order valence-corrected chi connectivity index (χ2v) is 8.81. The summed E-state index contributed by atoms with van der Waals surface area (Å²) in [7, 11) is 0. The lowest BCUT2D eigenvalue weighted by Gasteiger charge is -2.26. The number of aromatic nitrogens is 1. The molecule has 4 rings (SSSR count). The van der Waals surface area contributed by atoms with Crippen molar-refractivity contribution in [3.63, 3.8) is 0 Å². The number of hydrogen-bond donors (Lipinski definition) is 1. The van der Waals surface area contributed by atoms with E-state index in [9.17, 15) is 9.59 Å². The number of anilines is 2. The Bertz CT molecular complexity index is 889. The van der Waals surface area contributed by atoms with Crippen molar-refractivity contribution < 1.29 is 9.59 Å². The summed E-state index contributed by atoms with van der Waals surface area (Å²) in [5.41, 5.74) is 1.10. The predicted molar refractivity (Wildman–Crippen MR) is 124 cm³/mol. The van der Waals surface area contributed by atoms with Gasteiger partial charge < -0.3 is 10.2 Å².